The van der Waals surface area contributed by atoms with Gasteiger partial charge in [-0.2, -0.15) is 0 Å². The molecule has 6 aliphatic heterocycles. The highest BCUT2D eigenvalue weighted by Gasteiger charge is 2.46. The third-order valence-corrected chi connectivity index (χ3v) is 22.6. The van der Waals surface area contributed by atoms with Crippen molar-refractivity contribution in [3.05, 3.63) is 249 Å². The minimum absolute atomic E-state index is 0.00835. The quantitative estimate of drug-likeness (QED) is 0.0580. The summed E-state index contributed by atoms with van der Waals surface area (Å²) in [4.78, 5) is 92.3. The van der Waals surface area contributed by atoms with Gasteiger partial charge in [0.25, 0.3) is 17.7 Å². The Morgan fingerprint density at radius 2 is 0.738 bits per heavy atom. The Balaban J connectivity index is 0.000000151. The number of nitrogens with one attached hydrogen (secondary N) is 2. The fourth-order valence-electron chi connectivity index (χ4n) is 15.7. The lowest BCUT2D eigenvalue weighted by Gasteiger charge is -2.43. The van der Waals surface area contributed by atoms with Gasteiger partial charge in [-0.1, -0.05) is 174 Å². The number of unbranched alkanes of at least 4 members (excludes halogenated alkanes) is 1. The number of hydrogen-bond acceptors (Lipinski definition) is 12. The summed E-state index contributed by atoms with van der Waals surface area (Å²) < 4.78 is 16.7. The van der Waals surface area contributed by atoms with Crippen molar-refractivity contribution in [2.45, 2.75) is 80.5 Å². The van der Waals surface area contributed by atoms with Gasteiger partial charge in [-0.15, -0.1) is 0 Å². The number of carbonyl (C=O) groups excluding carboxylic acids is 6. The molecule has 0 aliphatic carbocycles. The van der Waals surface area contributed by atoms with Crippen molar-refractivity contribution < 1.29 is 43.0 Å². The van der Waals surface area contributed by atoms with Gasteiger partial charge in [0.05, 0.1) is 33.3 Å². The molecule has 2 N–H and O–H groups in total. The highest BCUT2D eigenvalue weighted by atomic mass is 35.5. The Labute approximate surface area is 643 Å². The van der Waals surface area contributed by atoms with Gasteiger partial charge >= 0.3 is 0 Å². The zero-order valence-electron chi connectivity index (χ0n) is 61.2. The first-order valence-electron chi connectivity index (χ1n) is 37.4. The van der Waals surface area contributed by atoms with E-state index >= 15 is 0 Å². The van der Waals surface area contributed by atoms with Crippen molar-refractivity contribution in [2.75, 3.05) is 140 Å². The molecule has 3 saturated heterocycles. The van der Waals surface area contributed by atoms with Crippen molar-refractivity contribution in [1.29, 1.82) is 0 Å². The van der Waals surface area contributed by atoms with E-state index in [9.17, 15) is 28.8 Å². The number of halogens is 3. The second-order valence-corrected chi connectivity index (χ2v) is 29.9. The third kappa shape index (κ3) is 19.0. The van der Waals surface area contributed by atoms with Gasteiger partial charge in [-0.05, 0) is 198 Å². The second-order valence-electron chi connectivity index (χ2n) is 28.6. The number of likely N-dealkylation sites (N-methyl/N-ethyl adjacent to an activating group) is 1. The minimum Gasteiger partial charge on any atom is -0.482 e. The van der Waals surface area contributed by atoms with E-state index in [1.165, 1.54) is 11.1 Å². The van der Waals surface area contributed by atoms with Crippen LogP contribution in [-0.2, 0) is 57.9 Å². The molecular weight excluding hydrogens is 1410 g/mol. The highest BCUT2D eigenvalue weighted by molar-refractivity contribution is 6.31. The van der Waals surface area contributed by atoms with E-state index in [2.05, 4.69) is 73.9 Å². The molecule has 3 fully saturated rings. The Hall–Kier alpha value is -9.27. The number of aryl methyl sites for hydroxylation is 1. The summed E-state index contributed by atoms with van der Waals surface area (Å²) in [5.41, 5.74) is 6.36. The number of hydrogen-bond donors (Lipinski definition) is 2. The van der Waals surface area contributed by atoms with Crippen molar-refractivity contribution in [3.63, 3.8) is 0 Å². The van der Waals surface area contributed by atoms with Crippen molar-refractivity contribution in [2.24, 2.45) is 0 Å². The van der Waals surface area contributed by atoms with Crippen molar-refractivity contribution in [3.8, 4) is 17.2 Å². The molecule has 560 valence electrons. The standard InChI is InChI=1S/C32H37N3O3.C30H32ClN3O3.C24H27Cl2N3O3/c36-30-25-38-29-17-8-7-16-28(29)35(30)24-23-34-21-18-32(19-22-34,27-14-5-2-6-15-27)31(37)33-20-10-9-13-26-11-3-1-4-12-26;31-25-12-10-24(11-13-25)30(29(36)32-17-14-23-6-2-1-3-7-23)15-18-33(19-16-30)20-21-34-26-8-4-5-9-27(26)37-22-28(34)35;1-27(2)23(31)24(17-3-5-18(25)6-4-17)9-11-28(12-10-24)13-14-29-20-15-19(26)7-8-21(20)32-16-22(29)30/h1-8,11-12,14-17H,9-10,13,18-25H2,(H,33,37);1-13H,14-22H2,(H,32,36);3-8,15H,9-14,16H2,1-2H3. The Kier molecular flexibility index (Phi) is 26.4. The summed E-state index contributed by atoms with van der Waals surface area (Å²) in [5.74, 6) is 2.40. The monoisotopic (exact) mass is 1500 g/mol. The Morgan fingerprint density at radius 3 is 1.19 bits per heavy atom. The van der Waals surface area contributed by atoms with Gasteiger partial charge in [-0.25, -0.2) is 0 Å². The molecule has 8 aromatic carbocycles. The molecule has 0 atom stereocenters. The number of ether oxygens (including phenoxy) is 3. The average Bonchev–Trinajstić information content (AvgIpc) is 0.780. The number of piperidine rings is 3. The topological polar surface area (TPSA) is 177 Å². The smallest absolute Gasteiger partial charge is 0.265 e. The number of likely N-dealkylation sites (tertiary alicyclic amines) is 3. The molecule has 8 aromatic rings. The van der Waals surface area contributed by atoms with E-state index in [0.29, 0.717) is 91.5 Å². The van der Waals surface area contributed by atoms with E-state index in [1.807, 2.05) is 149 Å². The lowest BCUT2D eigenvalue weighted by atomic mass is 9.71. The zero-order chi connectivity index (χ0) is 74.8. The number of carbonyl (C=O) groups is 6. The minimum atomic E-state index is -0.598. The van der Waals surface area contributed by atoms with Crippen LogP contribution in [0.15, 0.2) is 206 Å². The zero-order valence-corrected chi connectivity index (χ0v) is 63.4. The molecular formula is C86H96Cl3N9O9. The molecule has 21 heteroatoms. The number of anilines is 3. The normalized spacial score (nSPS) is 17.4. The van der Waals surface area contributed by atoms with Crippen LogP contribution in [0.25, 0.3) is 0 Å². The molecule has 0 saturated carbocycles. The average molecular weight is 1510 g/mol. The molecule has 107 heavy (non-hydrogen) atoms. The number of nitrogens with zero attached hydrogens (tertiary/aromatic N) is 7. The van der Waals surface area contributed by atoms with Crippen molar-refractivity contribution >= 4 is 87.3 Å². The number of para-hydroxylation sites is 4. The van der Waals surface area contributed by atoms with E-state index in [4.69, 9.17) is 49.0 Å². The Morgan fingerprint density at radius 1 is 0.383 bits per heavy atom. The SMILES string of the molecule is CN(C)C(=O)C1(c2ccc(Cl)cc2)CCN(CCN2C(=O)COc3ccc(Cl)cc32)CC1.O=C1COc2ccccc2N1CCN1CCC(C(=O)NCCCCc2ccccc2)(c2ccccc2)CC1.O=C1COc2ccccc2N1CCN1CCC(C(=O)NCCc2ccccc2)(c2ccc(Cl)cc2)CC1. The van der Waals surface area contributed by atoms with Crippen LogP contribution < -0.4 is 39.5 Å². The number of benzene rings is 8. The maximum Gasteiger partial charge on any atom is 0.265 e. The predicted molar refractivity (Wildman–Crippen MR) is 424 cm³/mol. The van der Waals surface area contributed by atoms with Gasteiger partial charge in [0.2, 0.25) is 17.7 Å². The van der Waals surface area contributed by atoms with Crippen LogP contribution in [0.5, 0.6) is 17.2 Å². The molecule has 18 nitrogen and oxygen atoms in total. The van der Waals surface area contributed by atoms with Crippen LogP contribution in [0.1, 0.15) is 79.2 Å². The fraction of sp³-hybridized carbons (Fsp3) is 0.372. The van der Waals surface area contributed by atoms with E-state index in [1.54, 1.807) is 42.1 Å². The number of fused-ring (bicyclic) bond motifs is 3. The van der Waals surface area contributed by atoms with Gasteiger partial charge in [0, 0.05) is 81.5 Å². The molecule has 0 aromatic heterocycles. The summed E-state index contributed by atoms with van der Waals surface area (Å²) >= 11 is 18.4. The highest BCUT2D eigenvalue weighted by Crippen LogP contribution is 2.42. The first-order valence-corrected chi connectivity index (χ1v) is 38.5. The number of amides is 6. The first kappa shape index (κ1) is 77.3. The maximum atomic E-state index is 13.7. The summed E-state index contributed by atoms with van der Waals surface area (Å²) in [6, 6.07) is 67.0. The van der Waals surface area contributed by atoms with Gasteiger partial charge < -0.3 is 59.1 Å². The molecule has 0 spiro atoms. The summed E-state index contributed by atoms with van der Waals surface area (Å²) in [5, 5.41) is 8.38. The van der Waals surface area contributed by atoms with Crippen LogP contribution in [0, 0.1) is 0 Å². The summed E-state index contributed by atoms with van der Waals surface area (Å²) in [7, 11) is 3.61. The molecule has 0 bridgehead atoms. The van der Waals surface area contributed by atoms with Gasteiger partial charge in [-0.3, -0.25) is 28.8 Å². The van der Waals surface area contributed by atoms with E-state index in [-0.39, 0.29) is 55.3 Å². The van der Waals surface area contributed by atoms with E-state index < -0.39 is 16.2 Å². The lowest BCUT2D eigenvalue weighted by molar-refractivity contribution is -0.137. The van der Waals surface area contributed by atoms with E-state index in [0.717, 1.165) is 130 Å². The number of rotatable bonds is 23. The fourth-order valence-corrected chi connectivity index (χ4v) is 16.1. The van der Waals surface area contributed by atoms with Gasteiger partial charge in [0.15, 0.2) is 19.8 Å². The largest absolute Gasteiger partial charge is 0.482 e. The van der Waals surface area contributed by atoms with Gasteiger partial charge in [0.1, 0.15) is 17.2 Å². The van der Waals surface area contributed by atoms with Crippen LogP contribution in [0.4, 0.5) is 17.1 Å². The first-order chi connectivity index (χ1) is 52.0. The van der Waals surface area contributed by atoms with Crippen LogP contribution in [0.2, 0.25) is 15.1 Å². The summed E-state index contributed by atoms with van der Waals surface area (Å²) in [6.45, 7) is 10.2. The maximum absolute atomic E-state index is 13.7. The Bertz CT molecular complexity index is 4300. The predicted octanol–water partition coefficient (Wildman–Crippen LogP) is 12.9. The molecule has 6 heterocycles. The molecule has 0 radical (unpaired) electrons. The summed E-state index contributed by atoms with van der Waals surface area (Å²) in [6.07, 6.45) is 8.22. The molecule has 6 amide bonds. The van der Waals surface area contributed by atoms with Crippen molar-refractivity contribution in [1.82, 2.24) is 30.2 Å². The lowest BCUT2D eigenvalue weighted by Crippen LogP contribution is -2.53. The molecule has 0 unspecified atom stereocenters. The van der Waals surface area contributed by atoms with Crippen LogP contribution in [-0.4, -0.2) is 181 Å². The van der Waals surface area contributed by atoms with Crippen LogP contribution in [0.3, 0.4) is 0 Å². The second kappa shape index (κ2) is 36.6. The third-order valence-electron chi connectivity index (χ3n) is 21.9. The molecule has 6 aliphatic rings. The molecule has 14 rings (SSSR count). The van der Waals surface area contributed by atoms with Crippen LogP contribution >= 0.6 is 34.8 Å².